The summed E-state index contributed by atoms with van der Waals surface area (Å²) < 4.78 is 16.2. The molecule has 0 amide bonds. The van der Waals surface area contributed by atoms with E-state index in [-0.39, 0.29) is 0 Å². The number of ether oxygens (including phenoxy) is 3. The molecule has 0 bridgehead atoms. The molecule has 0 fully saturated rings. The molecule has 1 aromatic rings. The number of rotatable bonds is 4. The molecule has 14 heavy (non-hydrogen) atoms. The summed E-state index contributed by atoms with van der Waals surface area (Å²) in [6.45, 7) is 0.542. The van der Waals surface area contributed by atoms with Gasteiger partial charge in [0.1, 0.15) is 16.0 Å². The fourth-order valence-electron chi connectivity index (χ4n) is 1.17. The monoisotopic (exact) mass is 260 g/mol. The zero-order chi connectivity index (χ0) is 10.6. The van der Waals surface area contributed by atoms with Crippen LogP contribution in [0.2, 0.25) is 0 Å². The largest absolute Gasteiger partial charge is 0.495 e. The molecule has 0 saturated carbocycles. The van der Waals surface area contributed by atoms with E-state index in [9.17, 15) is 0 Å². The third-order valence-electron chi connectivity index (χ3n) is 1.82. The Balaban J connectivity index is 3.11. The molecule has 4 heteroatoms. The van der Waals surface area contributed by atoms with Crippen molar-refractivity contribution < 1.29 is 14.2 Å². The van der Waals surface area contributed by atoms with Crippen LogP contribution in [0.4, 0.5) is 0 Å². The van der Waals surface area contributed by atoms with Gasteiger partial charge < -0.3 is 14.2 Å². The maximum Gasteiger partial charge on any atom is 0.137 e. The van der Waals surface area contributed by atoms with Crippen molar-refractivity contribution in [3.8, 4) is 11.5 Å². The van der Waals surface area contributed by atoms with Gasteiger partial charge in [-0.2, -0.15) is 0 Å². The molecule has 0 heterocycles. The number of halogens is 1. The van der Waals surface area contributed by atoms with Crippen molar-refractivity contribution in [1.29, 1.82) is 0 Å². The Morgan fingerprint density at radius 3 is 1.93 bits per heavy atom. The highest BCUT2D eigenvalue weighted by Gasteiger charge is 2.09. The summed E-state index contributed by atoms with van der Waals surface area (Å²) in [4.78, 5) is 0. The van der Waals surface area contributed by atoms with Crippen molar-refractivity contribution in [2.75, 3.05) is 21.3 Å². The molecule has 0 N–H and O–H groups in total. The van der Waals surface area contributed by atoms with Gasteiger partial charge in [-0.25, -0.2) is 0 Å². The average molecular weight is 261 g/mol. The Labute approximate surface area is 92.1 Å². The first-order valence-electron chi connectivity index (χ1n) is 4.12. The van der Waals surface area contributed by atoms with Crippen LogP contribution < -0.4 is 9.47 Å². The summed E-state index contributed by atoms with van der Waals surface area (Å²) in [6.07, 6.45) is 0. The Morgan fingerprint density at radius 1 is 1.07 bits per heavy atom. The maximum atomic E-state index is 5.19. The van der Waals surface area contributed by atoms with Gasteiger partial charge in [-0.15, -0.1) is 0 Å². The highest BCUT2D eigenvalue weighted by atomic mass is 79.9. The quantitative estimate of drug-likeness (QED) is 0.833. The molecule has 0 unspecified atom stereocenters. The number of benzene rings is 1. The topological polar surface area (TPSA) is 27.7 Å². The normalized spacial score (nSPS) is 10.0. The first kappa shape index (κ1) is 11.3. The number of hydrogen-bond donors (Lipinski definition) is 0. The van der Waals surface area contributed by atoms with Crippen molar-refractivity contribution in [2.45, 2.75) is 6.61 Å². The lowest BCUT2D eigenvalue weighted by Gasteiger charge is -2.10. The van der Waals surface area contributed by atoms with Crippen molar-refractivity contribution in [3.05, 3.63) is 22.2 Å². The highest BCUT2D eigenvalue weighted by molar-refractivity contribution is 9.10. The minimum atomic E-state index is 0.542. The third-order valence-corrected chi connectivity index (χ3v) is 2.60. The molecule has 1 aromatic carbocycles. The standard InChI is InChI=1S/C10H13BrO3/c1-12-6-7-4-8(13-2)10(11)9(5-7)14-3/h4-5H,6H2,1-3H3. The van der Waals surface area contributed by atoms with E-state index in [4.69, 9.17) is 14.2 Å². The first-order chi connectivity index (χ1) is 6.72. The van der Waals surface area contributed by atoms with E-state index in [1.807, 2.05) is 12.1 Å². The summed E-state index contributed by atoms with van der Waals surface area (Å²) in [5.74, 6) is 1.49. The minimum absolute atomic E-state index is 0.542. The number of methoxy groups -OCH3 is 3. The zero-order valence-corrected chi connectivity index (χ0v) is 10.1. The second kappa shape index (κ2) is 5.22. The van der Waals surface area contributed by atoms with Crippen LogP contribution in [0.5, 0.6) is 11.5 Å². The molecule has 78 valence electrons. The van der Waals surface area contributed by atoms with Crippen LogP contribution in [0.3, 0.4) is 0 Å². The van der Waals surface area contributed by atoms with E-state index < -0.39 is 0 Å². The van der Waals surface area contributed by atoms with Crippen molar-refractivity contribution >= 4 is 15.9 Å². The van der Waals surface area contributed by atoms with Gasteiger partial charge in [-0.1, -0.05) is 0 Å². The Hall–Kier alpha value is -0.740. The predicted octanol–water partition coefficient (Wildman–Crippen LogP) is 2.61. The summed E-state index contributed by atoms with van der Waals surface area (Å²) in [5.41, 5.74) is 1.02. The maximum absolute atomic E-state index is 5.19. The van der Waals surface area contributed by atoms with Gasteiger partial charge >= 0.3 is 0 Å². The van der Waals surface area contributed by atoms with Gasteiger partial charge in [0.05, 0.1) is 20.8 Å². The summed E-state index contributed by atoms with van der Waals surface area (Å²) in [5, 5.41) is 0. The molecular weight excluding hydrogens is 248 g/mol. The van der Waals surface area contributed by atoms with Crippen LogP contribution in [0.15, 0.2) is 16.6 Å². The van der Waals surface area contributed by atoms with Crippen LogP contribution in [0.1, 0.15) is 5.56 Å². The van der Waals surface area contributed by atoms with Crippen molar-refractivity contribution in [1.82, 2.24) is 0 Å². The highest BCUT2D eigenvalue weighted by Crippen LogP contribution is 2.35. The Morgan fingerprint density at radius 2 is 1.57 bits per heavy atom. The summed E-state index contributed by atoms with van der Waals surface area (Å²) in [7, 11) is 4.90. The lowest BCUT2D eigenvalue weighted by Crippen LogP contribution is -1.94. The van der Waals surface area contributed by atoms with E-state index in [2.05, 4.69) is 15.9 Å². The van der Waals surface area contributed by atoms with Crippen LogP contribution in [0.25, 0.3) is 0 Å². The molecule has 0 atom stereocenters. The smallest absolute Gasteiger partial charge is 0.137 e. The molecule has 0 aromatic heterocycles. The van der Waals surface area contributed by atoms with E-state index in [0.29, 0.717) is 6.61 Å². The second-order valence-electron chi connectivity index (χ2n) is 2.75. The van der Waals surface area contributed by atoms with E-state index in [1.54, 1.807) is 21.3 Å². The first-order valence-corrected chi connectivity index (χ1v) is 4.91. The van der Waals surface area contributed by atoms with Gasteiger partial charge in [0.15, 0.2) is 0 Å². The van der Waals surface area contributed by atoms with Gasteiger partial charge in [-0.05, 0) is 33.6 Å². The van der Waals surface area contributed by atoms with Gasteiger partial charge in [0.2, 0.25) is 0 Å². The fourth-order valence-corrected chi connectivity index (χ4v) is 1.73. The van der Waals surface area contributed by atoms with Gasteiger partial charge in [-0.3, -0.25) is 0 Å². The molecule has 3 nitrogen and oxygen atoms in total. The van der Waals surface area contributed by atoms with E-state index in [1.165, 1.54) is 0 Å². The van der Waals surface area contributed by atoms with Crippen LogP contribution >= 0.6 is 15.9 Å². The molecule has 0 aliphatic heterocycles. The fraction of sp³-hybridized carbons (Fsp3) is 0.400. The SMILES string of the molecule is COCc1cc(OC)c(Br)c(OC)c1. The van der Waals surface area contributed by atoms with E-state index >= 15 is 0 Å². The molecule has 0 radical (unpaired) electrons. The second-order valence-corrected chi connectivity index (χ2v) is 3.54. The minimum Gasteiger partial charge on any atom is -0.495 e. The molecular formula is C10H13BrO3. The Kier molecular flexibility index (Phi) is 4.22. The lowest BCUT2D eigenvalue weighted by molar-refractivity contribution is 0.184. The summed E-state index contributed by atoms with van der Waals surface area (Å²) in [6, 6.07) is 3.83. The van der Waals surface area contributed by atoms with Crippen molar-refractivity contribution in [2.24, 2.45) is 0 Å². The summed E-state index contributed by atoms with van der Waals surface area (Å²) >= 11 is 3.40. The van der Waals surface area contributed by atoms with Crippen molar-refractivity contribution in [3.63, 3.8) is 0 Å². The molecule has 0 saturated heterocycles. The van der Waals surface area contributed by atoms with Gasteiger partial charge in [0.25, 0.3) is 0 Å². The zero-order valence-electron chi connectivity index (χ0n) is 8.46. The molecule has 1 rings (SSSR count). The third kappa shape index (κ3) is 2.39. The predicted molar refractivity (Wildman–Crippen MR) is 58.0 cm³/mol. The lowest BCUT2D eigenvalue weighted by atomic mass is 10.2. The number of hydrogen-bond acceptors (Lipinski definition) is 3. The molecule has 0 aliphatic rings. The van der Waals surface area contributed by atoms with E-state index in [0.717, 1.165) is 21.5 Å². The van der Waals surface area contributed by atoms with Crippen LogP contribution in [-0.4, -0.2) is 21.3 Å². The van der Waals surface area contributed by atoms with Gasteiger partial charge in [0, 0.05) is 7.11 Å². The molecule has 0 spiro atoms. The molecule has 0 aliphatic carbocycles. The van der Waals surface area contributed by atoms with Crippen LogP contribution in [0, 0.1) is 0 Å². The average Bonchev–Trinajstić information content (AvgIpc) is 2.20. The Bertz CT molecular complexity index is 287. The van der Waals surface area contributed by atoms with Crippen LogP contribution in [-0.2, 0) is 11.3 Å².